The molecule has 0 saturated heterocycles. The molecule has 3 aromatic carbocycles. The SMILES string of the molecule is Cc1ccc(C(=O)Nc2cccc(C(F)(F)F)c2)cc1NC1N=C(c2cccc(N)c2)Nc2c1cnn2C. The lowest BCUT2D eigenvalue weighted by atomic mass is 10.1. The van der Waals surface area contributed by atoms with Crippen LogP contribution in [0.2, 0.25) is 0 Å². The first-order chi connectivity index (χ1) is 18.1. The molecule has 1 aliphatic heterocycles. The first-order valence-corrected chi connectivity index (χ1v) is 11.7. The van der Waals surface area contributed by atoms with Crippen molar-refractivity contribution in [3.8, 4) is 0 Å². The number of nitrogens with two attached hydrogens (primary N) is 1. The van der Waals surface area contributed by atoms with Gasteiger partial charge in [0, 0.05) is 35.2 Å². The predicted octanol–water partition coefficient (Wildman–Crippen LogP) is 5.56. The molecule has 8 nitrogen and oxygen atoms in total. The van der Waals surface area contributed by atoms with E-state index in [4.69, 9.17) is 10.7 Å². The zero-order valence-electron chi connectivity index (χ0n) is 20.5. The molecule has 0 aliphatic carbocycles. The van der Waals surface area contributed by atoms with Crippen LogP contribution in [0.5, 0.6) is 0 Å². The van der Waals surface area contributed by atoms with E-state index in [9.17, 15) is 18.0 Å². The molecule has 0 radical (unpaired) electrons. The van der Waals surface area contributed by atoms with Crippen LogP contribution in [0.3, 0.4) is 0 Å². The molecule has 0 bridgehead atoms. The van der Waals surface area contributed by atoms with Crippen LogP contribution in [0.4, 0.5) is 36.1 Å². The molecule has 194 valence electrons. The Morgan fingerprint density at radius 2 is 1.87 bits per heavy atom. The monoisotopic (exact) mass is 519 g/mol. The number of aryl methyl sites for hydroxylation is 2. The number of hydrogen-bond acceptors (Lipinski definition) is 6. The molecule has 4 aromatic rings. The van der Waals surface area contributed by atoms with Crippen LogP contribution in [0.15, 0.2) is 77.9 Å². The Hall–Kier alpha value is -4.80. The fourth-order valence-electron chi connectivity index (χ4n) is 4.14. The fraction of sp³-hybridized carbons (Fsp3) is 0.148. The van der Waals surface area contributed by atoms with Gasteiger partial charge >= 0.3 is 6.18 Å². The summed E-state index contributed by atoms with van der Waals surface area (Å²) in [5.74, 6) is 0.816. The van der Waals surface area contributed by atoms with E-state index < -0.39 is 23.8 Å². The maximum Gasteiger partial charge on any atom is 0.416 e. The van der Waals surface area contributed by atoms with Crippen molar-refractivity contribution in [2.45, 2.75) is 19.3 Å². The molecule has 0 saturated carbocycles. The Labute approximate surface area is 216 Å². The van der Waals surface area contributed by atoms with Crippen molar-refractivity contribution in [1.82, 2.24) is 9.78 Å². The average molecular weight is 520 g/mol. The maximum atomic E-state index is 13.1. The zero-order valence-corrected chi connectivity index (χ0v) is 20.5. The van der Waals surface area contributed by atoms with Crippen LogP contribution in [-0.2, 0) is 13.2 Å². The number of amidine groups is 1. The second-order valence-electron chi connectivity index (χ2n) is 8.91. The lowest BCUT2D eigenvalue weighted by Crippen LogP contribution is -2.26. The Bertz CT molecular complexity index is 1560. The molecule has 1 amide bonds. The Balaban J connectivity index is 1.43. The van der Waals surface area contributed by atoms with E-state index in [1.54, 1.807) is 35.1 Å². The van der Waals surface area contributed by atoms with Crippen LogP contribution in [-0.4, -0.2) is 21.5 Å². The fourth-order valence-corrected chi connectivity index (χ4v) is 4.14. The van der Waals surface area contributed by atoms with Crippen LogP contribution in [0.25, 0.3) is 0 Å². The van der Waals surface area contributed by atoms with Gasteiger partial charge in [0.15, 0.2) is 6.17 Å². The third-order valence-electron chi connectivity index (χ3n) is 6.16. The minimum absolute atomic E-state index is 0.0506. The quantitative estimate of drug-likeness (QED) is 0.258. The molecule has 1 aromatic heterocycles. The van der Waals surface area contributed by atoms with Crippen LogP contribution in [0, 0.1) is 6.92 Å². The van der Waals surface area contributed by atoms with E-state index in [0.717, 1.165) is 34.6 Å². The van der Waals surface area contributed by atoms with Gasteiger partial charge in [0.2, 0.25) is 0 Å². The highest BCUT2D eigenvalue weighted by Crippen LogP contribution is 2.34. The first kappa shape index (κ1) is 24.9. The standard InChI is InChI=1S/C27H24F3N7O/c1-15-9-10-17(26(38)33-20-8-4-6-18(13-20)27(28,29)30)12-22(15)34-24-21-14-32-37(2)25(21)36-23(35-24)16-5-3-7-19(31)11-16/h3-14,24,34H,31H2,1-2H3,(H,33,38)(H,35,36). The second-order valence-corrected chi connectivity index (χ2v) is 8.91. The van der Waals surface area contributed by atoms with E-state index >= 15 is 0 Å². The van der Waals surface area contributed by atoms with Gasteiger partial charge in [-0.1, -0.05) is 24.3 Å². The summed E-state index contributed by atoms with van der Waals surface area (Å²) < 4.78 is 40.9. The van der Waals surface area contributed by atoms with Gasteiger partial charge in [0.1, 0.15) is 11.7 Å². The first-order valence-electron chi connectivity index (χ1n) is 11.7. The summed E-state index contributed by atoms with van der Waals surface area (Å²) in [6.07, 6.45) is -3.33. The Kier molecular flexibility index (Phi) is 6.27. The minimum Gasteiger partial charge on any atom is -0.399 e. The van der Waals surface area contributed by atoms with Crippen molar-refractivity contribution in [3.63, 3.8) is 0 Å². The van der Waals surface area contributed by atoms with Crippen LogP contribution in [0.1, 0.15) is 38.8 Å². The van der Waals surface area contributed by atoms with Crippen molar-refractivity contribution in [1.29, 1.82) is 0 Å². The van der Waals surface area contributed by atoms with Gasteiger partial charge in [0.25, 0.3) is 5.91 Å². The number of nitrogen functional groups attached to an aromatic ring is 1. The van der Waals surface area contributed by atoms with Gasteiger partial charge in [-0.25, -0.2) is 4.99 Å². The summed E-state index contributed by atoms with van der Waals surface area (Å²) in [7, 11) is 1.81. The number of aromatic nitrogens is 2. The third-order valence-corrected chi connectivity index (χ3v) is 6.16. The van der Waals surface area contributed by atoms with Gasteiger partial charge in [-0.3, -0.25) is 9.48 Å². The minimum atomic E-state index is -4.51. The molecule has 2 heterocycles. The third kappa shape index (κ3) is 5.03. The molecule has 38 heavy (non-hydrogen) atoms. The van der Waals surface area contributed by atoms with Gasteiger partial charge in [-0.15, -0.1) is 0 Å². The summed E-state index contributed by atoms with van der Waals surface area (Å²) in [5.41, 5.74) is 9.15. The number of hydrogen-bond donors (Lipinski definition) is 4. The van der Waals surface area contributed by atoms with Crippen molar-refractivity contribution in [3.05, 3.63) is 101 Å². The number of nitrogens with one attached hydrogen (secondary N) is 3. The van der Waals surface area contributed by atoms with Crippen molar-refractivity contribution < 1.29 is 18.0 Å². The number of anilines is 4. The van der Waals surface area contributed by atoms with Crippen molar-refractivity contribution >= 4 is 34.6 Å². The predicted molar refractivity (Wildman–Crippen MR) is 141 cm³/mol. The second kappa shape index (κ2) is 9.58. The molecular formula is C27H24F3N7O. The molecule has 5 N–H and O–H groups in total. The van der Waals surface area contributed by atoms with Gasteiger partial charge in [-0.2, -0.15) is 18.3 Å². The number of aliphatic imine (C=N–C) groups is 1. The Morgan fingerprint density at radius 3 is 2.63 bits per heavy atom. The summed E-state index contributed by atoms with van der Waals surface area (Å²) in [6, 6.07) is 16.9. The summed E-state index contributed by atoms with van der Waals surface area (Å²) in [5, 5.41) is 13.6. The molecule has 0 fully saturated rings. The number of benzene rings is 3. The number of halogens is 3. The van der Waals surface area contributed by atoms with Gasteiger partial charge < -0.3 is 21.7 Å². The molecular weight excluding hydrogens is 495 g/mol. The van der Waals surface area contributed by atoms with E-state index in [-0.39, 0.29) is 11.3 Å². The topological polar surface area (TPSA) is 109 Å². The number of amides is 1. The largest absolute Gasteiger partial charge is 0.416 e. The number of fused-ring (bicyclic) bond motifs is 1. The molecule has 1 unspecified atom stereocenters. The molecule has 11 heteroatoms. The van der Waals surface area contributed by atoms with E-state index in [0.29, 0.717) is 17.2 Å². The normalized spacial score (nSPS) is 14.8. The number of carbonyl (C=O) groups excluding carboxylic acids is 1. The zero-order chi connectivity index (χ0) is 27.0. The number of carbonyl (C=O) groups is 1. The van der Waals surface area contributed by atoms with E-state index in [2.05, 4.69) is 21.0 Å². The van der Waals surface area contributed by atoms with E-state index in [1.165, 1.54) is 12.1 Å². The summed E-state index contributed by atoms with van der Waals surface area (Å²) >= 11 is 0. The van der Waals surface area contributed by atoms with Crippen LogP contribution >= 0.6 is 0 Å². The van der Waals surface area contributed by atoms with E-state index in [1.807, 2.05) is 32.2 Å². The van der Waals surface area contributed by atoms with Crippen molar-refractivity contribution in [2.75, 3.05) is 21.7 Å². The van der Waals surface area contributed by atoms with Crippen molar-refractivity contribution in [2.24, 2.45) is 12.0 Å². The highest BCUT2D eigenvalue weighted by Gasteiger charge is 2.30. The smallest absolute Gasteiger partial charge is 0.399 e. The lowest BCUT2D eigenvalue weighted by molar-refractivity contribution is -0.137. The highest BCUT2D eigenvalue weighted by atomic mass is 19.4. The average Bonchev–Trinajstić information content (AvgIpc) is 3.26. The molecule has 1 atom stereocenters. The number of nitrogens with zero attached hydrogens (tertiary/aromatic N) is 3. The molecule has 1 aliphatic rings. The molecule has 0 spiro atoms. The number of alkyl halides is 3. The van der Waals surface area contributed by atoms with Crippen LogP contribution < -0.4 is 21.7 Å². The highest BCUT2D eigenvalue weighted by molar-refractivity contribution is 6.10. The maximum absolute atomic E-state index is 13.1. The number of rotatable bonds is 5. The summed E-state index contributed by atoms with van der Waals surface area (Å²) in [4.78, 5) is 17.8. The van der Waals surface area contributed by atoms with Gasteiger partial charge in [-0.05, 0) is 55.0 Å². The van der Waals surface area contributed by atoms with Gasteiger partial charge in [0.05, 0.1) is 17.3 Å². The Morgan fingerprint density at radius 1 is 1.08 bits per heavy atom. The molecule has 5 rings (SSSR count). The summed E-state index contributed by atoms with van der Waals surface area (Å²) in [6.45, 7) is 1.88. The lowest BCUT2D eigenvalue weighted by Gasteiger charge is -2.25.